The molecule has 2 N–H and O–H groups in total. The van der Waals surface area contributed by atoms with Gasteiger partial charge in [0.25, 0.3) is 0 Å². The monoisotopic (exact) mass is 416 g/mol. The van der Waals surface area contributed by atoms with E-state index in [9.17, 15) is 4.39 Å². The summed E-state index contributed by atoms with van der Waals surface area (Å²) in [6.07, 6.45) is 5.07. The Morgan fingerprint density at radius 1 is 1.37 bits per heavy atom. The average molecular weight is 417 g/mol. The number of hydrogen-bond donors (Lipinski definition) is 2. The molecule has 3 rings (SSSR count). The van der Waals surface area contributed by atoms with E-state index in [0.717, 1.165) is 38.3 Å². The topological polar surface area (TPSA) is 66.7 Å². The smallest absolute Gasteiger partial charge is 0.191 e. The quantitative estimate of drug-likeness (QED) is 0.511. The van der Waals surface area contributed by atoms with Crippen molar-refractivity contribution in [3.63, 3.8) is 0 Å². The van der Waals surface area contributed by atoms with E-state index in [0.29, 0.717) is 30.7 Å². The van der Waals surface area contributed by atoms with Crippen LogP contribution >= 0.6 is 0 Å². The lowest BCUT2D eigenvalue weighted by molar-refractivity contribution is -0.0284. The summed E-state index contributed by atoms with van der Waals surface area (Å²) in [5.74, 6) is 1.07. The molecule has 1 fully saturated rings. The molecule has 1 aliphatic heterocycles. The van der Waals surface area contributed by atoms with Gasteiger partial charge in [-0.2, -0.15) is 0 Å². The predicted octanol–water partition coefficient (Wildman–Crippen LogP) is 2.42. The number of ether oxygens (including phenoxy) is 1. The highest BCUT2D eigenvalue weighted by atomic mass is 19.1. The summed E-state index contributed by atoms with van der Waals surface area (Å²) in [6, 6.07) is 5.16. The fourth-order valence-corrected chi connectivity index (χ4v) is 3.57. The number of halogens is 1. The Balaban J connectivity index is 1.56. The third-order valence-electron chi connectivity index (χ3n) is 4.90. The number of guanidine groups is 1. The van der Waals surface area contributed by atoms with Crippen LogP contribution < -0.4 is 10.6 Å². The molecule has 0 bridgehead atoms. The molecule has 0 aliphatic carbocycles. The molecule has 30 heavy (non-hydrogen) atoms. The van der Waals surface area contributed by atoms with E-state index < -0.39 is 0 Å². The first-order valence-corrected chi connectivity index (χ1v) is 10.7. The molecule has 0 amide bonds. The van der Waals surface area contributed by atoms with E-state index in [2.05, 4.69) is 39.4 Å². The fourth-order valence-electron chi connectivity index (χ4n) is 3.57. The van der Waals surface area contributed by atoms with Crippen LogP contribution in [0.1, 0.15) is 26.3 Å². The summed E-state index contributed by atoms with van der Waals surface area (Å²) in [6.45, 7) is 12.1. The van der Waals surface area contributed by atoms with Crippen molar-refractivity contribution in [2.75, 3.05) is 39.3 Å². The molecular formula is C22H33FN6O. The number of hydrogen-bond acceptors (Lipinski definition) is 4. The summed E-state index contributed by atoms with van der Waals surface area (Å²) in [5.41, 5.74) is 1.29. The van der Waals surface area contributed by atoms with Crippen molar-refractivity contribution in [3.05, 3.63) is 48.3 Å². The van der Waals surface area contributed by atoms with Gasteiger partial charge in [0.05, 0.1) is 31.3 Å². The van der Waals surface area contributed by atoms with Crippen LogP contribution in [-0.2, 0) is 11.3 Å². The van der Waals surface area contributed by atoms with E-state index in [1.165, 1.54) is 6.07 Å². The van der Waals surface area contributed by atoms with Gasteiger partial charge in [-0.05, 0) is 30.5 Å². The Morgan fingerprint density at radius 2 is 2.23 bits per heavy atom. The Hall–Kier alpha value is -2.45. The van der Waals surface area contributed by atoms with Gasteiger partial charge in [0.1, 0.15) is 5.82 Å². The van der Waals surface area contributed by atoms with Crippen molar-refractivity contribution < 1.29 is 9.13 Å². The molecule has 2 aromatic rings. The zero-order chi connectivity index (χ0) is 21.3. The zero-order valence-electron chi connectivity index (χ0n) is 18.1. The van der Waals surface area contributed by atoms with Crippen LogP contribution in [0.25, 0.3) is 5.69 Å². The van der Waals surface area contributed by atoms with Gasteiger partial charge < -0.3 is 19.9 Å². The number of rotatable bonds is 8. The molecule has 0 radical (unpaired) electrons. The molecule has 164 valence electrons. The molecule has 7 nitrogen and oxygen atoms in total. The minimum atomic E-state index is -0.292. The Morgan fingerprint density at radius 3 is 2.93 bits per heavy atom. The molecule has 8 heteroatoms. The van der Waals surface area contributed by atoms with Gasteiger partial charge in [0, 0.05) is 45.1 Å². The minimum absolute atomic E-state index is 0.133. The Kier molecular flexibility index (Phi) is 8.21. The molecular weight excluding hydrogens is 383 g/mol. The SMILES string of the molecule is CCNC(=NCc1ccc(-n2ccnc2)c(F)c1)NCC1CN(CC(C)C)CCO1. The first-order valence-electron chi connectivity index (χ1n) is 10.7. The van der Waals surface area contributed by atoms with Gasteiger partial charge in [-0.3, -0.25) is 4.90 Å². The van der Waals surface area contributed by atoms with Gasteiger partial charge >= 0.3 is 0 Å². The van der Waals surface area contributed by atoms with Gasteiger partial charge in [-0.15, -0.1) is 0 Å². The van der Waals surface area contributed by atoms with Gasteiger partial charge in [0.15, 0.2) is 5.96 Å². The van der Waals surface area contributed by atoms with Crippen molar-refractivity contribution in [3.8, 4) is 5.69 Å². The fraction of sp³-hybridized carbons (Fsp3) is 0.545. The largest absolute Gasteiger partial charge is 0.374 e. The van der Waals surface area contributed by atoms with E-state index in [-0.39, 0.29) is 11.9 Å². The molecule has 0 spiro atoms. The van der Waals surface area contributed by atoms with Crippen molar-refractivity contribution in [1.82, 2.24) is 25.1 Å². The highest BCUT2D eigenvalue weighted by Gasteiger charge is 2.21. The van der Waals surface area contributed by atoms with Crippen molar-refractivity contribution in [2.24, 2.45) is 10.9 Å². The number of morpholine rings is 1. The van der Waals surface area contributed by atoms with Crippen molar-refractivity contribution >= 4 is 5.96 Å². The number of aromatic nitrogens is 2. The number of imidazole rings is 1. The highest BCUT2D eigenvalue weighted by Crippen LogP contribution is 2.15. The standard InChI is InChI=1S/C22H33FN6O/c1-4-25-22(27-13-19-15-28(9-10-30-19)14-17(2)3)26-12-18-5-6-21(20(23)11-18)29-8-7-24-16-29/h5-8,11,16-17,19H,4,9-10,12-15H2,1-3H3,(H2,25,26,27). The van der Waals surface area contributed by atoms with Gasteiger partial charge in [-0.1, -0.05) is 19.9 Å². The lowest BCUT2D eigenvalue weighted by atomic mass is 10.2. The van der Waals surface area contributed by atoms with Gasteiger partial charge in [0.2, 0.25) is 0 Å². The second-order valence-corrected chi connectivity index (χ2v) is 7.98. The van der Waals surface area contributed by atoms with Crippen LogP contribution in [0.2, 0.25) is 0 Å². The van der Waals surface area contributed by atoms with E-state index in [4.69, 9.17) is 4.74 Å². The molecule has 1 aromatic heterocycles. The number of nitrogens with zero attached hydrogens (tertiary/aromatic N) is 4. The third kappa shape index (κ3) is 6.53. The number of benzene rings is 1. The second kappa shape index (κ2) is 11.1. The van der Waals surface area contributed by atoms with Crippen LogP contribution in [0.3, 0.4) is 0 Å². The van der Waals surface area contributed by atoms with E-state index in [1.54, 1.807) is 29.4 Å². The molecule has 2 heterocycles. The maximum absolute atomic E-state index is 14.5. The summed E-state index contributed by atoms with van der Waals surface area (Å²) in [4.78, 5) is 11.0. The summed E-state index contributed by atoms with van der Waals surface area (Å²) < 4.78 is 22.0. The third-order valence-corrected chi connectivity index (χ3v) is 4.90. The van der Waals surface area contributed by atoms with Gasteiger partial charge in [-0.25, -0.2) is 14.4 Å². The lowest BCUT2D eigenvalue weighted by Gasteiger charge is -2.34. The molecule has 1 aliphatic rings. The number of aliphatic imine (C=N–C) groups is 1. The summed E-state index contributed by atoms with van der Waals surface area (Å²) in [5, 5.41) is 6.61. The zero-order valence-corrected chi connectivity index (χ0v) is 18.1. The summed E-state index contributed by atoms with van der Waals surface area (Å²) >= 11 is 0. The maximum Gasteiger partial charge on any atom is 0.191 e. The van der Waals surface area contributed by atoms with E-state index in [1.807, 2.05) is 13.0 Å². The minimum Gasteiger partial charge on any atom is -0.374 e. The van der Waals surface area contributed by atoms with Crippen LogP contribution in [-0.4, -0.2) is 65.8 Å². The first-order chi connectivity index (χ1) is 14.5. The molecule has 1 unspecified atom stereocenters. The van der Waals surface area contributed by atoms with E-state index >= 15 is 0 Å². The highest BCUT2D eigenvalue weighted by molar-refractivity contribution is 5.79. The van der Waals surface area contributed by atoms with Crippen LogP contribution in [0.4, 0.5) is 4.39 Å². The predicted molar refractivity (Wildman–Crippen MR) is 117 cm³/mol. The molecule has 1 saturated heterocycles. The Labute approximate surface area is 178 Å². The normalized spacial score (nSPS) is 18.0. The maximum atomic E-state index is 14.5. The summed E-state index contributed by atoms with van der Waals surface area (Å²) in [7, 11) is 0. The number of nitrogens with one attached hydrogen (secondary N) is 2. The lowest BCUT2D eigenvalue weighted by Crippen LogP contribution is -2.50. The Bertz CT molecular complexity index is 808. The van der Waals surface area contributed by atoms with Crippen LogP contribution in [0.5, 0.6) is 0 Å². The van der Waals surface area contributed by atoms with Crippen molar-refractivity contribution in [2.45, 2.75) is 33.4 Å². The van der Waals surface area contributed by atoms with Crippen LogP contribution in [0, 0.1) is 11.7 Å². The second-order valence-electron chi connectivity index (χ2n) is 7.98. The molecule has 1 aromatic carbocycles. The average Bonchev–Trinajstić information content (AvgIpc) is 3.24. The molecule has 0 saturated carbocycles. The molecule has 1 atom stereocenters. The first kappa shape index (κ1) is 22.2. The van der Waals surface area contributed by atoms with Crippen molar-refractivity contribution in [1.29, 1.82) is 0 Å². The van der Waals surface area contributed by atoms with Crippen LogP contribution in [0.15, 0.2) is 41.9 Å².